The highest BCUT2D eigenvalue weighted by molar-refractivity contribution is 5.82. The van der Waals surface area contributed by atoms with E-state index in [2.05, 4.69) is 16.8 Å². The summed E-state index contributed by atoms with van der Waals surface area (Å²) in [4.78, 5) is 17.3. The second kappa shape index (κ2) is 5.29. The summed E-state index contributed by atoms with van der Waals surface area (Å²) in [6, 6.07) is 9.01. The Balaban J connectivity index is 1.94. The Morgan fingerprint density at radius 1 is 1.43 bits per heavy atom. The third-order valence-electron chi connectivity index (χ3n) is 4.16. The van der Waals surface area contributed by atoms with Crippen molar-refractivity contribution in [2.75, 3.05) is 18.0 Å². The Bertz CT molecular complexity index is 688. The van der Waals surface area contributed by atoms with Crippen molar-refractivity contribution in [3.8, 4) is 0 Å². The predicted octanol–water partition coefficient (Wildman–Crippen LogP) is 2.32. The number of nitro benzene ring substituents is 1. The topological polar surface area (TPSA) is 85.3 Å². The second-order valence-electron chi connectivity index (χ2n) is 5.64. The SMILES string of the molecule is CC1CC(CN)CN1c1ccc2cc([N+](=O)[O-])ccc2n1. The zero-order valence-corrected chi connectivity index (χ0v) is 11.9. The van der Waals surface area contributed by atoms with E-state index in [9.17, 15) is 10.1 Å². The molecule has 1 aromatic carbocycles. The van der Waals surface area contributed by atoms with Crippen LogP contribution >= 0.6 is 0 Å². The molecule has 2 aromatic rings. The first-order chi connectivity index (χ1) is 10.1. The van der Waals surface area contributed by atoms with Crippen LogP contribution in [0.2, 0.25) is 0 Å². The first kappa shape index (κ1) is 13.8. The lowest BCUT2D eigenvalue weighted by Crippen LogP contribution is -2.28. The summed E-state index contributed by atoms with van der Waals surface area (Å²) >= 11 is 0. The van der Waals surface area contributed by atoms with Gasteiger partial charge < -0.3 is 10.6 Å². The molecule has 21 heavy (non-hydrogen) atoms. The van der Waals surface area contributed by atoms with Gasteiger partial charge >= 0.3 is 0 Å². The van der Waals surface area contributed by atoms with Crippen LogP contribution in [-0.4, -0.2) is 29.0 Å². The van der Waals surface area contributed by atoms with E-state index < -0.39 is 0 Å². The lowest BCUT2D eigenvalue weighted by Gasteiger charge is -2.22. The number of fused-ring (bicyclic) bond motifs is 1. The monoisotopic (exact) mass is 286 g/mol. The van der Waals surface area contributed by atoms with E-state index in [-0.39, 0.29) is 10.6 Å². The smallest absolute Gasteiger partial charge is 0.270 e. The summed E-state index contributed by atoms with van der Waals surface area (Å²) in [5, 5.41) is 11.6. The molecule has 0 saturated carbocycles. The number of nitrogens with zero attached hydrogens (tertiary/aromatic N) is 3. The molecule has 0 radical (unpaired) electrons. The molecule has 1 fully saturated rings. The van der Waals surface area contributed by atoms with Crippen LogP contribution in [-0.2, 0) is 0 Å². The van der Waals surface area contributed by atoms with Gasteiger partial charge in [-0.3, -0.25) is 10.1 Å². The van der Waals surface area contributed by atoms with Crippen molar-refractivity contribution >= 4 is 22.4 Å². The number of rotatable bonds is 3. The lowest BCUT2D eigenvalue weighted by molar-refractivity contribution is -0.384. The van der Waals surface area contributed by atoms with Gasteiger partial charge in [-0.15, -0.1) is 0 Å². The molecule has 110 valence electrons. The minimum Gasteiger partial charge on any atom is -0.354 e. The number of aromatic nitrogens is 1. The van der Waals surface area contributed by atoms with E-state index in [0.29, 0.717) is 18.5 Å². The summed E-state index contributed by atoms with van der Waals surface area (Å²) in [6.45, 7) is 3.79. The molecule has 2 N–H and O–H groups in total. The molecule has 0 amide bonds. The van der Waals surface area contributed by atoms with E-state index in [4.69, 9.17) is 5.73 Å². The summed E-state index contributed by atoms with van der Waals surface area (Å²) in [5.74, 6) is 1.43. The fourth-order valence-electron chi connectivity index (χ4n) is 3.01. The standard InChI is InChI=1S/C15H18N4O2/c1-10-6-11(8-16)9-18(10)15-5-2-12-7-13(19(20)21)3-4-14(12)17-15/h2-5,7,10-11H,6,8-9,16H2,1H3. The van der Waals surface area contributed by atoms with Gasteiger partial charge in [0, 0.05) is 30.1 Å². The molecule has 1 aliphatic heterocycles. The Morgan fingerprint density at radius 2 is 2.24 bits per heavy atom. The van der Waals surface area contributed by atoms with Crippen molar-refractivity contribution in [1.82, 2.24) is 4.98 Å². The highest BCUT2D eigenvalue weighted by Gasteiger charge is 2.29. The average molecular weight is 286 g/mol. The molecule has 0 bridgehead atoms. The molecule has 3 rings (SSSR count). The van der Waals surface area contributed by atoms with Crippen molar-refractivity contribution in [2.24, 2.45) is 11.7 Å². The van der Waals surface area contributed by atoms with Crippen LogP contribution in [0.15, 0.2) is 30.3 Å². The number of anilines is 1. The molecule has 1 aliphatic rings. The van der Waals surface area contributed by atoms with Crippen LogP contribution < -0.4 is 10.6 Å². The maximum absolute atomic E-state index is 10.8. The van der Waals surface area contributed by atoms with Gasteiger partial charge in [0.1, 0.15) is 5.82 Å². The molecule has 0 spiro atoms. The average Bonchev–Trinajstić information content (AvgIpc) is 2.87. The fourth-order valence-corrected chi connectivity index (χ4v) is 3.01. The molecule has 6 nitrogen and oxygen atoms in total. The molecular weight excluding hydrogens is 268 g/mol. The van der Waals surface area contributed by atoms with Gasteiger partial charge in [0.25, 0.3) is 5.69 Å². The Labute approximate surface area is 122 Å². The third-order valence-corrected chi connectivity index (χ3v) is 4.16. The Kier molecular flexibility index (Phi) is 3.47. The van der Waals surface area contributed by atoms with Gasteiger partial charge in [0.05, 0.1) is 10.4 Å². The van der Waals surface area contributed by atoms with E-state index in [1.807, 2.05) is 12.1 Å². The van der Waals surface area contributed by atoms with Crippen molar-refractivity contribution < 1.29 is 4.92 Å². The van der Waals surface area contributed by atoms with Crippen LogP contribution in [0.1, 0.15) is 13.3 Å². The van der Waals surface area contributed by atoms with Gasteiger partial charge in [-0.1, -0.05) is 0 Å². The van der Waals surface area contributed by atoms with E-state index in [1.165, 1.54) is 6.07 Å². The molecule has 2 atom stereocenters. The summed E-state index contributed by atoms with van der Waals surface area (Å²) in [5.41, 5.74) is 6.63. The largest absolute Gasteiger partial charge is 0.354 e. The zero-order chi connectivity index (χ0) is 15.0. The predicted molar refractivity (Wildman–Crippen MR) is 82.4 cm³/mol. The molecule has 2 heterocycles. The minimum absolute atomic E-state index is 0.0924. The molecular formula is C15H18N4O2. The number of pyridine rings is 1. The summed E-state index contributed by atoms with van der Waals surface area (Å²) in [7, 11) is 0. The molecule has 6 heteroatoms. The van der Waals surface area contributed by atoms with E-state index in [0.717, 1.165) is 29.7 Å². The normalized spacial score (nSPS) is 21.9. The highest BCUT2D eigenvalue weighted by atomic mass is 16.6. The summed E-state index contributed by atoms with van der Waals surface area (Å²) in [6.07, 6.45) is 1.08. The van der Waals surface area contributed by atoms with Gasteiger partial charge in [0.2, 0.25) is 0 Å². The maximum Gasteiger partial charge on any atom is 0.270 e. The second-order valence-corrected chi connectivity index (χ2v) is 5.64. The van der Waals surface area contributed by atoms with Crippen molar-refractivity contribution in [3.05, 3.63) is 40.4 Å². The van der Waals surface area contributed by atoms with Crippen molar-refractivity contribution in [3.63, 3.8) is 0 Å². The Hall–Kier alpha value is -2.21. The lowest BCUT2D eigenvalue weighted by atomic mass is 10.1. The number of hydrogen-bond donors (Lipinski definition) is 1. The molecule has 2 unspecified atom stereocenters. The highest BCUT2D eigenvalue weighted by Crippen LogP contribution is 2.29. The van der Waals surface area contributed by atoms with E-state index >= 15 is 0 Å². The number of nitrogens with two attached hydrogens (primary N) is 1. The number of benzene rings is 1. The van der Waals surface area contributed by atoms with Gasteiger partial charge in [0.15, 0.2) is 0 Å². The first-order valence-electron chi connectivity index (χ1n) is 7.10. The van der Waals surface area contributed by atoms with Crippen LogP contribution in [0.5, 0.6) is 0 Å². The molecule has 1 saturated heterocycles. The van der Waals surface area contributed by atoms with Crippen molar-refractivity contribution in [2.45, 2.75) is 19.4 Å². The van der Waals surface area contributed by atoms with Gasteiger partial charge in [-0.25, -0.2) is 4.98 Å². The van der Waals surface area contributed by atoms with Gasteiger partial charge in [-0.2, -0.15) is 0 Å². The number of hydrogen-bond acceptors (Lipinski definition) is 5. The molecule has 1 aromatic heterocycles. The van der Waals surface area contributed by atoms with Crippen LogP contribution in [0, 0.1) is 16.0 Å². The zero-order valence-electron chi connectivity index (χ0n) is 11.9. The number of nitro groups is 1. The van der Waals surface area contributed by atoms with E-state index in [1.54, 1.807) is 12.1 Å². The maximum atomic E-state index is 10.8. The van der Waals surface area contributed by atoms with Crippen LogP contribution in [0.4, 0.5) is 11.5 Å². The fraction of sp³-hybridized carbons (Fsp3) is 0.400. The number of non-ortho nitro benzene ring substituents is 1. The Morgan fingerprint density at radius 3 is 2.90 bits per heavy atom. The van der Waals surface area contributed by atoms with Crippen LogP contribution in [0.25, 0.3) is 10.9 Å². The quantitative estimate of drug-likeness (QED) is 0.691. The molecule has 0 aliphatic carbocycles. The van der Waals surface area contributed by atoms with Crippen molar-refractivity contribution in [1.29, 1.82) is 0 Å². The van der Waals surface area contributed by atoms with Gasteiger partial charge in [-0.05, 0) is 44.0 Å². The minimum atomic E-state index is -0.387. The third kappa shape index (κ3) is 2.54. The first-order valence-corrected chi connectivity index (χ1v) is 7.10. The summed E-state index contributed by atoms with van der Waals surface area (Å²) < 4.78 is 0. The van der Waals surface area contributed by atoms with Crippen LogP contribution in [0.3, 0.4) is 0 Å².